The number of benzene rings is 2. The summed E-state index contributed by atoms with van der Waals surface area (Å²) in [4.78, 5) is 0. The summed E-state index contributed by atoms with van der Waals surface area (Å²) in [5.41, 5.74) is 6.98. The summed E-state index contributed by atoms with van der Waals surface area (Å²) in [5.74, 6) is 0. The van der Waals surface area contributed by atoms with Crippen LogP contribution in [-0.4, -0.2) is 0 Å². The van der Waals surface area contributed by atoms with Crippen molar-refractivity contribution in [1.82, 2.24) is 0 Å². The van der Waals surface area contributed by atoms with Crippen LogP contribution in [0, 0.1) is 13.0 Å². The summed E-state index contributed by atoms with van der Waals surface area (Å²) < 4.78 is 0. The number of hydrogen-bond donors (Lipinski definition) is 0. The van der Waals surface area contributed by atoms with E-state index >= 15 is 0 Å². The third kappa shape index (κ3) is 2.84. The van der Waals surface area contributed by atoms with Crippen LogP contribution in [0.15, 0.2) is 36.4 Å². The predicted octanol–water partition coefficient (Wildman–Crippen LogP) is 4.74. The van der Waals surface area contributed by atoms with Crippen molar-refractivity contribution in [3.63, 3.8) is 0 Å². The van der Waals surface area contributed by atoms with E-state index in [9.17, 15) is 0 Å². The maximum atomic E-state index is 4.93. The van der Waals surface area contributed by atoms with Crippen molar-refractivity contribution in [2.75, 3.05) is 0 Å². The average molecular weight is 341 g/mol. The van der Waals surface area contributed by atoms with Gasteiger partial charge in [-0.15, -0.1) is 5.56 Å². The molecule has 17 heavy (non-hydrogen) atoms. The Kier molecular flexibility index (Phi) is 4.85. The Hall–Kier alpha value is -0.0969. The number of aryl methyl sites for hydroxylation is 1. The van der Waals surface area contributed by atoms with Gasteiger partial charge in [-0.1, -0.05) is 23.8 Å². The Balaban J connectivity index is 0.000000329. The van der Waals surface area contributed by atoms with Crippen LogP contribution in [0.25, 0.3) is 11.1 Å². The van der Waals surface area contributed by atoms with Crippen molar-refractivity contribution in [3.8, 4) is 11.1 Å². The molecule has 0 spiro atoms. The molecule has 0 saturated heterocycles. The average Bonchev–Trinajstić information content (AvgIpc) is 2.71. The van der Waals surface area contributed by atoms with Gasteiger partial charge in [0, 0.05) is 0 Å². The molecule has 3 heteroatoms. The van der Waals surface area contributed by atoms with Gasteiger partial charge >= 0.3 is 37.9 Å². The molecule has 0 nitrogen and oxygen atoms in total. The molecule has 0 amide bonds. The molecule has 86 valence electrons. The van der Waals surface area contributed by atoms with Gasteiger partial charge in [0.15, 0.2) is 0 Å². The van der Waals surface area contributed by atoms with Gasteiger partial charge in [-0.2, -0.15) is 29.8 Å². The van der Waals surface area contributed by atoms with Gasteiger partial charge in [0.05, 0.1) is 0 Å². The third-order valence-corrected chi connectivity index (χ3v) is 3.00. The molecule has 2 aromatic rings. The number of rotatable bonds is 0. The minimum atomic E-state index is -0.826. The fourth-order valence-electron chi connectivity index (χ4n) is 2.24. The third-order valence-electron chi connectivity index (χ3n) is 3.00. The van der Waals surface area contributed by atoms with Crippen molar-refractivity contribution < 1.29 is 20.8 Å². The molecule has 0 bridgehead atoms. The molecular formula is C14H11Cl2Zr-. The zero-order chi connectivity index (χ0) is 12.3. The first kappa shape index (κ1) is 13.3. The standard InChI is InChI=1S/C14H11.2ClH.Zr/c1-10-5-4-8-13-12-7-3-2-6-11(12)9-14(10)13;;;/h2-5,7-8H,9H2,1H3;2*1H;/q-1;;;+2/p-2. The van der Waals surface area contributed by atoms with Crippen LogP contribution in [0.4, 0.5) is 0 Å². The molecule has 0 saturated carbocycles. The second-order valence-electron chi connectivity index (χ2n) is 3.91. The SMILES string of the molecule is Cc1cccc2c1Cc1[c-]cccc1-2.[Cl][Zr][Cl]. The molecule has 3 rings (SSSR count). The van der Waals surface area contributed by atoms with Crippen LogP contribution in [-0.2, 0) is 27.3 Å². The molecule has 0 fully saturated rings. The summed E-state index contributed by atoms with van der Waals surface area (Å²) >= 11 is -0.826. The van der Waals surface area contributed by atoms with Gasteiger partial charge in [-0.05, 0) is 24.5 Å². The molecule has 0 aliphatic heterocycles. The second kappa shape index (κ2) is 6.18. The Morgan fingerprint density at radius 2 is 1.82 bits per heavy atom. The summed E-state index contributed by atoms with van der Waals surface area (Å²) in [7, 11) is 9.87. The van der Waals surface area contributed by atoms with E-state index in [2.05, 4.69) is 43.3 Å². The van der Waals surface area contributed by atoms with Crippen molar-refractivity contribution in [1.29, 1.82) is 0 Å². The molecule has 0 radical (unpaired) electrons. The van der Waals surface area contributed by atoms with Crippen LogP contribution >= 0.6 is 17.0 Å². The van der Waals surface area contributed by atoms with Gasteiger partial charge in [0.1, 0.15) is 0 Å². The first-order chi connectivity index (χ1) is 8.27. The zero-order valence-corrected chi connectivity index (χ0v) is 13.4. The number of halogens is 2. The van der Waals surface area contributed by atoms with Gasteiger partial charge in [0.25, 0.3) is 0 Å². The van der Waals surface area contributed by atoms with Crippen LogP contribution in [0.3, 0.4) is 0 Å². The molecule has 0 aromatic heterocycles. The summed E-state index contributed by atoms with van der Waals surface area (Å²) in [6.45, 7) is 2.19. The molecule has 0 atom stereocenters. The Morgan fingerprint density at radius 3 is 2.59 bits per heavy atom. The monoisotopic (exact) mass is 339 g/mol. The van der Waals surface area contributed by atoms with E-state index in [4.69, 9.17) is 17.0 Å². The number of fused-ring (bicyclic) bond motifs is 3. The molecule has 1 aliphatic rings. The fraction of sp³-hybridized carbons (Fsp3) is 0.143. The Bertz CT molecular complexity index is 523. The van der Waals surface area contributed by atoms with Gasteiger partial charge in [0.2, 0.25) is 0 Å². The predicted molar refractivity (Wildman–Crippen MR) is 70.0 cm³/mol. The summed E-state index contributed by atoms with van der Waals surface area (Å²) in [6.07, 6.45) is 1.05. The first-order valence-electron chi connectivity index (χ1n) is 5.32. The van der Waals surface area contributed by atoms with Gasteiger partial charge in [-0.3, -0.25) is 0 Å². The summed E-state index contributed by atoms with van der Waals surface area (Å²) in [6, 6.07) is 16.1. The summed E-state index contributed by atoms with van der Waals surface area (Å²) in [5, 5.41) is 0. The van der Waals surface area contributed by atoms with Crippen LogP contribution < -0.4 is 0 Å². The van der Waals surface area contributed by atoms with Crippen molar-refractivity contribution >= 4 is 17.0 Å². The normalized spacial score (nSPS) is 11.0. The molecular weight excluding hydrogens is 330 g/mol. The fourth-order valence-corrected chi connectivity index (χ4v) is 2.24. The zero-order valence-electron chi connectivity index (χ0n) is 9.43. The molecule has 2 aromatic carbocycles. The Labute approximate surface area is 121 Å². The van der Waals surface area contributed by atoms with E-state index in [-0.39, 0.29) is 0 Å². The van der Waals surface area contributed by atoms with Gasteiger partial charge in [-0.25, -0.2) is 0 Å². The second-order valence-corrected chi connectivity index (χ2v) is 7.64. The van der Waals surface area contributed by atoms with E-state index in [0.29, 0.717) is 0 Å². The van der Waals surface area contributed by atoms with Crippen LogP contribution in [0.2, 0.25) is 0 Å². The minimum absolute atomic E-state index is 0.826. The van der Waals surface area contributed by atoms with E-state index in [1.165, 1.54) is 27.8 Å². The van der Waals surface area contributed by atoms with Crippen molar-refractivity contribution in [3.05, 3.63) is 59.2 Å². The molecule has 0 unspecified atom stereocenters. The van der Waals surface area contributed by atoms with E-state index in [1.54, 1.807) is 0 Å². The van der Waals surface area contributed by atoms with E-state index < -0.39 is 20.8 Å². The maximum absolute atomic E-state index is 4.93. The number of hydrogen-bond acceptors (Lipinski definition) is 0. The molecule has 0 N–H and O–H groups in total. The van der Waals surface area contributed by atoms with Crippen molar-refractivity contribution in [2.45, 2.75) is 13.3 Å². The van der Waals surface area contributed by atoms with Crippen molar-refractivity contribution in [2.24, 2.45) is 0 Å². The Morgan fingerprint density at radius 1 is 1.12 bits per heavy atom. The van der Waals surface area contributed by atoms with E-state index in [0.717, 1.165) is 6.42 Å². The van der Waals surface area contributed by atoms with E-state index in [1.807, 2.05) is 6.07 Å². The van der Waals surface area contributed by atoms with Crippen LogP contribution in [0.1, 0.15) is 16.7 Å². The first-order valence-corrected chi connectivity index (χ1v) is 11.7. The molecule has 0 heterocycles. The molecule has 1 aliphatic carbocycles. The quantitative estimate of drug-likeness (QED) is 0.518. The topological polar surface area (TPSA) is 0 Å². The van der Waals surface area contributed by atoms with Gasteiger partial charge < -0.3 is 0 Å². The van der Waals surface area contributed by atoms with Crippen LogP contribution in [0.5, 0.6) is 0 Å².